The summed E-state index contributed by atoms with van der Waals surface area (Å²) in [4.78, 5) is 13.5. The number of rotatable bonds is 6. The summed E-state index contributed by atoms with van der Waals surface area (Å²) in [5, 5.41) is 3.10. The zero-order chi connectivity index (χ0) is 11.0. The molecule has 0 saturated heterocycles. The molecule has 0 aromatic rings. The maximum absolute atomic E-state index is 11.7. The normalized spacial score (nSPS) is 11.9. The maximum atomic E-state index is 11.7. The van der Waals surface area contributed by atoms with E-state index in [4.69, 9.17) is 6.42 Å². The molecule has 0 saturated carbocycles. The summed E-state index contributed by atoms with van der Waals surface area (Å²) in [7, 11) is 0. The number of likely N-dealkylation sites (N-methyl/N-ethyl adjacent to an activating group) is 1. The van der Waals surface area contributed by atoms with Crippen LogP contribution in [0.2, 0.25) is 0 Å². The predicted octanol–water partition coefficient (Wildman–Crippen LogP) is 0.856. The summed E-state index contributed by atoms with van der Waals surface area (Å²) >= 11 is 0. The van der Waals surface area contributed by atoms with Gasteiger partial charge >= 0.3 is 0 Å². The van der Waals surface area contributed by atoms with Crippen molar-refractivity contribution >= 4 is 5.91 Å². The standard InChI is InChI=1S/C11H20N2O/c1-5-8-9-12-10(4)11(14)13(6-2)7-3/h1,10,12H,6-9H2,2-4H3. The summed E-state index contributed by atoms with van der Waals surface area (Å²) in [6.07, 6.45) is 5.78. The van der Waals surface area contributed by atoms with Gasteiger partial charge in [-0.15, -0.1) is 12.3 Å². The van der Waals surface area contributed by atoms with E-state index in [1.807, 2.05) is 25.7 Å². The highest BCUT2D eigenvalue weighted by Gasteiger charge is 2.16. The van der Waals surface area contributed by atoms with E-state index in [2.05, 4.69) is 11.2 Å². The Balaban J connectivity index is 3.92. The van der Waals surface area contributed by atoms with Crippen LogP contribution < -0.4 is 5.32 Å². The summed E-state index contributed by atoms with van der Waals surface area (Å²) in [6.45, 7) is 8.06. The number of hydrogen-bond donors (Lipinski definition) is 1. The van der Waals surface area contributed by atoms with Crippen molar-refractivity contribution in [3.05, 3.63) is 0 Å². The lowest BCUT2D eigenvalue weighted by atomic mass is 10.2. The zero-order valence-corrected chi connectivity index (χ0v) is 9.34. The van der Waals surface area contributed by atoms with Gasteiger partial charge in [-0.25, -0.2) is 0 Å². The largest absolute Gasteiger partial charge is 0.342 e. The SMILES string of the molecule is C#CCCNC(C)C(=O)N(CC)CC. The minimum Gasteiger partial charge on any atom is -0.342 e. The molecule has 1 N–H and O–H groups in total. The molecular weight excluding hydrogens is 176 g/mol. The first-order chi connectivity index (χ1) is 6.67. The molecule has 0 spiro atoms. The summed E-state index contributed by atoms with van der Waals surface area (Å²) < 4.78 is 0. The lowest BCUT2D eigenvalue weighted by Gasteiger charge is -2.23. The smallest absolute Gasteiger partial charge is 0.239 e. The highest BCUT2D eigenvalue weighted by molar-refractivity contribution is 5.81. The van der Waals surface area contributed by atoms with Crippen molar-refractivity contribution in [3.8, 4) is 12.3 Å². The van der Waals surface area contributed by atoms with Crippen LogP contribution in [0.4, 0.5) is 0 Å². The fourth-order valence-electron chi connectivity index (χ4n) is 1.26. The molecule has 3 heteroatoms. The monoisotopic (exact) mass is 196 g/mol. The molecule has 0 aliphatic heterocycles. The molecule has 14 heavy (non-hydrogen) atoms. The van der Waals surface area contributed by atoms with Crippen molar-refractivity contribution in [2.45, 2.75) is 33.2 Å². The first kappa shape index (κ1) is 13.0. The number of amides is 1. The first-order valence-electron chi connectivity index (χ1n) is 5.12. The molecule has 0 radical (unpaired) electrons. The third-order valence-corrected chi connectivity index (χ3v) is 2.17. The maximum Gasteiger partial charge on any atom is 0.239 e. The number of terminal acetylenes is 1. The molecule has 1 amide bonds. The van der Waals surface area contributed by atoms with Gasteiger partial charge in [0.15, 0.2) is 0 Å². The molecule has 0 aromatic carbocycles. The number of nitrogens with one attached hydrogen (secondary N) is 1. The molecule has 0 aliphatic carbocycles. The number of carbonyl (C=O) groups is 1. The fraction of sp³-hybridized carbons (Fsp3) is 0.727. The van der Waals surface area contributed by atoms with Crippen molar-refractivity contribution in [2.24, 2.45) is 0 Å². The van der Waals surface area contributed by atoms with Crippen LogP contribution >= 0.6 is 0 Å². The van der Waals surface area contributed by atoms with Crippen LogP contribution in [0.25, 0.3) is 0 Å². The Morgan fingerprint density at radius 3 is 2.50 bits per heavy atom. The molecule has 3 nitrogen and oxygen atoms in total. The quantitative estimate of drug-likeness (QED) is 0.505. The molecule has 0 bridgehead atoms. The molecule has 0 aromatic heterocycles. The molecule has 0 heterocycles. The molecule has 0 rings (SSSR count). The molecule has 1 unspecified atom stereocenters. The van der Waals surface area contributed by atoms with Gasteiger partial charge in [0.1, 0.15) is 0 Å². The third kappa shape index (κ3) is 4.29. The molecule has 0 aliphatic rings. The van der Waals surface area contributed by atoms with E-state index >= 15 is 0 Å². The number of hydrogen-bond acceptors (Lipinski definition) is 2. The van der Waals surface area contributed by atoms with Gasteiger partial charge in [0, 0.05) is 26.1 Å². The van der Waals surface area contributed by atoms with Crippen LogP contribution in [0.1, 0.15) is 27.2 Å². The Hall–Kier alpha value is -1.01. The molecule has 80 valence electrons. The average Bonchev–Trinajstić information content (AvgIpc) is 2.19. The van der Waals surface area contributed by atoms with Gasteiger partial charge in [-0.2, -0.15) is 0 Å². The van der Waals surface area contributed by atoms with Crippen molar-refractivity contribution < 1.29 is 4.79 Å². The van der Waals surface area contributed by atoms with E-state index in [0.717, 1.165) is 13.1 Å². The molecular formula is C11H20N2O. The van der Waals surface area contributed by atoms with Gasteiger partial charge in [-0.05, 0) is 20.8 Å². The summed E-state index contributed by atoms with van der Waals surface area (Å²) in [6, 6.07) is -0.136. The van der Waals surface area contributed by atoms with Gasteiger partial charge < -0.3 is 10.2 Å². The second-order valence-electron chi connectivity index (χ2n) is 3.14. The van der Waals surface area contributed by atoms with E-state index < -0.39 is 0 Å². The number of carbonyl (C=O) groups excluding carboxylic acids is 1. The van der Waals surface area contributed by atoms with Crippen LogP contribution in [0.5, 0.6) is 0 Å². The second-order valence-corrected chi connectivity index (χ2v) is 3.14. The Labute approximate surface area is 86.9 Å². The first-order valence-corrected chi connectivity index (χ1v) is 5.12. The van der Waals surface area contributed by atoms with Crippen LogP contribution in [0.3, 0.4) is 0 Å². The zero-order valence-electron chi connectivity index (χ0n) is 9.34. The Morgan fingerprint density at radius 1 is 1.50 bits per heavy atom. The van der Waals surface area contributed by atoms with Crippen molar-refractivity contribution in [3.63, 3.8) is 0 Å². The third-order valence-electron chi connectivity index (χ3n) is 2.17. The lowest BCUT2D eigenvalue weighted by Crippen LogP contribution is -2.44. The Bertz CT molecular complexity index is 204. The Kier molecular flexibility index (Phi) is 6.87. The minimum absolute atomic E-state index is 0.136. The van der Waals surface area contributed by atoms with Gasteiger partial charge in [-0.3, -0.25) is 4.79 Å². The fourth-order valence-corrected chi connectivity index (χ4v) is 1.26. The Morgan fingerprint density at radius 2 is 2.07 bits per heavy atom. The molecule has 0 fully saturated rings. The average molecular weight is 196 g/mol. The topological polar surface area (TPSA) is 32.3 Å². The van der Waals surface area contributed by atoms with Crippen LogP contribution in [0.15, 0.2) is 0 Å². The van der Waals surface area contributed by atoms with Gasteiger partial charge in [0.2, 0.25) is 5.91 Å². The summed E-state index contributed by atoms with van der Waals surface area (Å²) in [5.74, 6) is 2.68. The summed E-state index contributed by atoms with van der Waals surface area (Å²) in [5.41, 5.74) is 0. The van der Waals surface area contributed by atoms with E-state index in [9.17, 15) is 4.79 Å². The number of nitrogens with zero attached hydrogens (tertiary/aromatic N) is 1. The van der Waals surface area contributed by atoms with Gasteiger partial charge in [0.05, 0.1) is 6.04 Å². The van der Waals surface area contributed by atoms with Crippen LogP contribution in [-0.2, 0) is 4.79 Å². The van der Waals surface area contributed by atoms with E-state index in [1.54, 1.807) is 0 Å². The molecule has 1 atom stereocenters. The highest BCUT2D eigenvalue weighted by Crippen LogP contribution is 1.94. The van der Waals surface area contributed by atoms with Crippen molar-refractivity contribution in [2.75, 3.05) is 19.6 Å². The van der Waals surface area contributed by atoms with Crippen LogP contribution in [0, 0.1) is 12.3 Å². The van der Waals surface area contributed by atoms with E-state index in [1.165, 1.54) is 0 Å². The predicted molar refractivity (Wildman–Crippen MR) is 58.8 cm³/mol. The highest BCUT2D eigenvalue weighted by atomic mass is 16.2. The van der Waals surface area contributed by atoms with Gasteiger partial charge in [-0.1, -0.05) is 0 Å². The van der Waals surface area contributed by atoms with Crippen molar-refractivity contribution in [1.29, 1.82) is 0 Å². The van der Waals surface area contributed by atoms with Crippen LogP contribution in [-0.4, -0.2) is 36.5 Å². The van der Waals surface area contributed by atoms with E-state index in [-0.39, 0.29) is 11.9 Å². The van der Waals surface area contributed by atoms with Crippen molar-refractivity contribution in [1.82, 2.24) is 10.2 Å². The second kappa shape index (κ2) is 7.40. The minimum atomic E-state index is -0.136. The van der Waals surface area contributed by atoms with Gasteiger partial charge in [0.25, 0.3) is 0 Å². The van der Waals surface area contributed by atoms with E-state index in [0.29, 0.717) is 13.0 Å². The lowest BCUT2D eigenvalue weighted by molar-refractivity contribution is -0.132.